The third-order valence-electron chi connectivity index (χ3n) is 6.36. The standard InChI is InChI=1S/2C15H34N.H2O4S/c2*1-5-6-7-8-9-10-11-12-13-14-15-16(2,3)4;1-5(2,3)4/h2*5-15H2,1-4H3;(H2,1,2,3,4)/q2*+1;/p-2. The summed E-state index contributed by atoms with van der Waals surface area (Å²) < 4.78 is 36.3. The summed E-state index contributed by atoms with van der Waals surface area (Å²) in [5, 5.41) is 0. The Morgan fingerprint density at radius 1 is 0.405 bits per heavy atom. The average molecular weight is 553 g/mol. The van der Waals surface area contributed by atoms with Gasteiger partial charge in [-0.25, -0.2) is 0 Å². The third-order valence-corrected chi connectivity index (χ3v) is 6.36. The lowest BCUT2D eigenvalue weighted by Crippen LogP contribution is -2.35. The molecule has 37 heavy (non-hydrogen) atoms. The van der Waals surface area contributed by atoms with E-state index in [9.17, 15) is 0 Å². The Bertz CT molecular complexity index is 499. The van der Waals surface area contributed by atoms with Gasteiger partial charge in [-0.15, -0.1) is 0 Å². The molecule has 0 heterocycles. The van der Waals surface area contributed by atoms with Gasteiger partial charge in [0.2, 0.25) is 0 Å². The Kier molecular flexibility index (Phi) is 30.5. The van der Waals surface area contributed by atoms with Gasteiger partial charge in [0.15, 0.2) is 0 Å². The minimum atomic E-state index is -5.17. The molecule has 0 aliphatic carbocycles. The second kappa shape index (κ2) is 27.4. The van der Waals surface area contributed by atoms with Crippen molar-refractivity contribution >= 4 is 10.4 Å². The molecule has 0 saturated carbocycles. The van der Waals surface area contributed by atoms with Crippen molar-refractivity contribution in [2.45, 2.75) is 142 Å². The molecule has 0 aromatic carbocycles. The topological polar surface area (TPSA) is 80.3 Å². The Labute approximate surface area is 234 Å². The monoisotopic (exact) mass is 552 g/mol. The summed E-state index contributed by atoms with van der Waals surface area (Å²) in [6.45, 7) is 7.23. The molecule has 7 heteroatoms. The maximum Gasteiger partial charge on any atom is 0.0780 e. The van der Waals surface area contributed by atoms with Gasteiger partial charge in [0, 0.05) is 10.4 Å². The molecule has 0 aromatic rings. The Morgan fingerprint density at radius 3 is 0.730 bits per heavy atom. The summed E-state index contributed by atoms with van der Waals surface area (Å²) in [6, 6.07) is 0. The SMILES string of the molecule is CCCCCCCCCCCC[N+](C)(C)C.CCCCCCCCCCCC[N+](C)(C)C.O=S(=O)([O-])[O-]. The van der Waals surface area contributed by atoms with Crippen LogP contribution in [-0.2, 0) is 10.4 Å². The first kappa shape index (κ1) is 41.3. The molecule has 0 fully saturated rings. The fraction of sp³-hybridized carbons (Fsp3) is 1.00. The summed E-state index contributed by atoms with van der Waals surface area (Å²) >= 11 is 0. The fourth-order valence-electron chi connectivity index (χ4n) is 4.15. The molecule has 0 aromatic heterocycles. The highest BCUT2D eigenvalue weighted by Gasteiger charge is 2.05. The van der Waals surface area contributed by atoms with E-state index in [1.807, 2.05) is 0 Å². The molecule has 228 valence electrons. The van der Waals surface area contributed by atoms with Crippen LogP contribution in [0.2, 0.25) is 0 Å². The maximum absolute atomic E-state index is 8.52. The van der Waals surface area contributed by atoms with Crippen LogP contribution in [0.15, 0.2) is 0 Å². The fourth-order valence-corrected chi connectivity index (χ4v) is 4.15. The van der Waals surface area contributed by atoms with Gasteiger partial charge >= 0.3 is 0 Å². The Balaban J connectivity index is -0.000000528. The summed E-state index contributed by atoms with van der Waals surface area (Å²) in [7, 11) is 8.55. The molecule has 0 aliphatic rings. The van der Waals surface area contributed by atoms with Gasteiger partial charge in [-0.1, -0.05) is 117 Å². The predicted molar refractivity (Wildman–Crippen MR) is 160 cm³/mol. The van der Waals surface area contributed by atoms with Crippen molar-refractivity contribution in [2.75, 3.05) is 55.4 Å². The molecule has 0 bridgehead atoms. The van der Waals surface area contributed by atoms with Gasteiger partial charge in [0.05, 0.1) is 55.4 Å². The summed E-state index contributed by atoms with van der Waals surface area (Å²) in [5.74, 6) is 0. The molecule has 0 atom stereocenters. The van der Waals surface area contributed by atoms with Crippen LogP contribution in [0.1, 0.15) is 142 Å². The van der Waals surface area contributed by atoms with Gasteiger partial charge < -0.3 is 18.1 Å². The van der Waals surface area contributed by atoms with Gasteiger partial charge in [-0.3, -0.25) is 8.42 Å². The van der Waals surface area contributed by atoms with Crippen LogP contribution >= 0.6 is 0 Å². The molecule has 0 N–H and O–H groups in total. The van der Waals surface area contributed by atoms with Gasteiger partial charge in [-0.2, -0.15) is 0 Å². The lowest BCUT2D eigenvalue weighted by Gasteiger charge is -2.23. The molecule has 0 aliphatic heterocycles. The molecular weight excluding hydrogens is 484 g/mol. The molecule has 0 spiro atoms. The zero-order chi connectivity index (χ0) is 29.1. The first-order chi connectivity index (χ1) is 17.1. The van der Waals surface area contributed by atoms with Crippen LogP contribution in [0.3, 0.4) is 0 Å². The zero-order valence-electron chi connectivity index (χ0n) is 26.5. The number of hydrogen-bond acceptors (Lipinski definition) is 4. The minimum Gasteiger partial charge on any atom is -0.759 e. The van der Waals surface area contributed by atoms with Crippen LogP contribution in [0, 0.1) is 0 Å². The lowest BCUT2D eigenvalue weighted by atomic mass is 10.1. The first-order valence-corrected chi connectivity index (χ1v) is 16.7. The molecule has 0 unspecified atom stereocenters. The van der Waals surface area contributed by atoms with E-state index >= 15 is 0 Å². The highest BCUT2D eigenvalue weighted by molar-refractivity contribution is 7.79. The van der Waals surface area contributed by atoms with Crippen molar-refractivity contribution in [2.24, 2.45) is 0 Å². The van der Waals surface area contributed by atoms with Crippen LogP contribution < -0.4 is 0 Å². The number of rotatable bonds is 22. The second-order valence-electron chi connectivity index (χ2n) is 12.8. The van der Waals surface area contributed by atoms with Crippen LogP contribution in [0.4, 0.5) is 0 Å². The van der Waals surface area contributed by atoms with E-state index in [0.717, 1.165) is 8.97 Å². The van der Waals surface area contributed by atoms with E-state index in [4.69, 9.17) is 17.5 Å². The van der Waals surface area contributed by atoms with E-state index in [1.165, 1.54) is 142 Å². The van der Waals surface area contributed by atoms with E-state index < -0.39 is 10.4 Å². The molecule has 6 nitrogen and oxygen atoms in total. The van der Waals surface area contributed by atoms with Crippen molar-refractivity contribution in [3.05, 3.63) is 0 Å². The van der Waals surface area contributed by atoms with Crippen molar-refractivity contribution < 1.29 is 26.5 Å². The van der Waals surface area contributed by atoms with E-state index in [1.54, 1.807) is 0 Å². The zero-order valence-corrected chi connectivity index (χ0v) is 27.3. The van der Waals surface area contributed by atoms with E-state index in [2.05, 4.69) is 56.1 Å². The molecule has 0 amide bonds. The molecule has 0 rings (SSSR count). The average Bonchev–Trinajstić information content (AvgIpc) is 2.74. The molecule has 0 saturated heterocycles. The van der Waals surface area contributed by atoms with Gasteiger partial charge in [0.1, 0.15) is 0 Å². The largest absolute Gasteiger partial charge is 0.759 e. The highest BCUT2D eigenvalue weighted by Crippen LogP contribution is 2.12. The number of quaternary nitrogens is 2. The smallest absolute Gasteiger partial charge is 0.0780 e. The van der Waals surface area contributed by atoms with Crippen molar-refractivity contribution in [3.8, 4) is 0 Å². The summed E-state index contributed by atoms with van der Waals surface area (Å²) in [6.07, 6.45) is 28.8. The van der Waals surface area contributed by atoms with Crippen LogP contribution in [0.5, 0.6) is 0 Å². The van der Waals surface area contributed by atoms with E-state index in [-0.39, 0.29) is 0 Å². The normalized spacial score (nSPS) is 11.9. The highest BCUT2D eigenvalue weighted by atomic mass is 32.3. The maximum atomic E-state index is 8.52. The summed E-state index contributed by atoms with van der Waals surface area (Å²) in [4.78, 5) is 0. The van der Waals surface area contributed by atoms with Crippen molar-refractivity contribution in [1.29, 1.82) is 0 Å². The summed E-state index contributed by atoms with van der Waals surface area (Å²) in [5.41, 5.74) is 0. The van der Waals surface area contributed by atoms with Gasteiger partial charge in [-0.05, 0) is 25.7 Å². The predicted octanol–water partition coefficient (Wildman–Crippen LogP) is 7.89. The van der Waals surface area contributed by atoms with Gasteiger partial charge in [0.25, 0.3) is 0 Å². The number of hydrogen-bond donors (Lipinski definition) is 0. The minimum absolute atomic E-state index is 1.12. The Morgan fingerprint density at radius 2 is 0.568 bits per heavy atom. The lowest BCUT2D eigenvalue weighted by molar-refractivity contribution is -0.870. The quantitative estimate of drug-likeness (QED) is 0.0592. The number of unbranched alkanes of at least 4 members (excludes halogenated alkanes) is 18. The van der Waals surface area contributed by atoms with E-state index in [0.29, 0.717) is 0 Å². The third kappa shape index (κ3) is 61.4. The first-order valence-electron chi connectivity index (χ1n) is 15.4. The van der Waals surface area contributed by atoms with Crippen LogP contribution in [0.25, 0.3) is 0 Å². The Hall–Kier alpha value is -0.210. The number of nitrogens with zero attached hydrogens (tertiary/aromatic N) is 2. The van der Waals surface area contributed by atoms with Crippen molar-refractivity contribution in [3.63, 3.8) is 0 Å². The molecule has 0 radical (unpaired) electrons. The van der Waals surface area contributed by atoms with Crippen molar-refractivity contribution in [1.82, 2.24) is 0 Å². The molecular formula is C30H68N2O4S. The van der Waals surface area contributed by atoms with Crippen LogP contribution in [-0.4, -0.2) is 81.9 Å². The second-order valence-corrected chi connectivity index (χ2v) is 13.6.